The summed E-state index contributed by atoms with van der Waals surface area (Å²) in [5, 5.41) is 0.640. The maximum atomic E-state index is 12.4. The van der Waals surface area contributed by atoms with Gasteiger partial charge in [-0.3, -0.25) is 9.69 Å². The molecule has 0 bridgehead atoms. The Balaban J connectivity index is 1.88. The molecular weight excluding hydrogens is 310 g/mol. The number of fused-ring (bicyclic) bond motifs is 1. The summed E-state index contributed by atoms with van der Waals surface area (Å²) in [5.74, 6) is 2.08. The van der Waals surface area contributed by atoms with Gasteiger partial charge in [-0.15, -0.1) is 0 Å². The van der Waals surface area contributed by atoms with Gasteiger partial charge in [-0.05, 0) is 23.1 Å². The van der Waals surface area contributed by atoms with Gasteiger partial charge in [0.2, 0.25) is 0 Å². The van der Waals surface area contributed by atoms with Crippen LogP contribution in [0.2, 0.25) is 0 Å². The number of benzene rings is 1. The lowest BCUT2D eigenvalue weighted by molar-refractivity contribution is 0.280. The number of nitrogens with zero attached hydrogens (tertiary/aromatic N) is 2. The van der Waals surface area contributed by atoms with Crippen LogP contribution >= 0.6 is 0 Å². The third-order valence-corrected chi connectivity index (χ3v) is 5.55. The number of nitrogens with one attached hydrogen (secondary N) is 1. The SMILES string of the molecule is CC(C)(C)c1ccc2[nH]c(CN3CC[S+]([O-])CC3)nc(=O)c2c1. The van der Waals surface area contributed by atoms with E-state index in [9.17, 15) is 9.35 Å². The third-order valence-electron chi connectivity index (χ3n) is 4.28. The highest BCUT2D eigenvalue weighted by molar-refractivity contribution is 7.91. The second-order valence-electron chi connectivity index (χ2n) is 7.12. The summed E-state index contributed by atoms with van der Waals surface area (Å²) in [5.41, 5.74) is 1.78. The van der Waals surface area contributed by atoms with Crippen LogP contribution in [0.15, 0.2) is 23.0 Å². The van der Waals surface area contributed by atoms with Gasteiger partial charge >= 0.3 is 0 Å². The molecule has 1 aromatic heterocycles. The summed E-state index contributed by atoms with van der Waals surface area (Å²) in [6.07, 6.45) is 0. The van der Waals surface area contributed by atoms with E-state index in [0.717, 1.165) is 24.2 Å². The molecule has 1 aliphatic rings. The number of H-pyrrole nitrogens is 1. The smallest absolute Gasteiger partial charge is 0.280 e. The quantitative estimate of drug-likeness (QED) is 0.851. The third kappa shape index (κ3) is 3.76. The minimum atomic E-state index is -0.691. The highest BCUT2D eigenvalue weighted by atomic mass is 32.2. The van der Waals surface area contributed by atoms with E-state index >= 15 is 0 Å². The number of aromatic amines is 1. The van der Waals surface area contributed by atoms with E-state index in [1.54, 1.807) is 0 Å². The van der Waals surface area contributed by atoms with Crippen LogP contribution in [0.5, 0.6) is 0 Å². The van der Waals surface area contributed by atoms with Crippen molar-refractivity contribution < 1.29 is 4.55 Å². The average molecular weight is 333 g/mol. The van der Waals surface area contributed by atoms with E-state index in [1.807, 2.05) is 12.1 Å². The highest BCUT2D eigenvalue weighted by Gasteiger charge is 2.20. The Kier molecular flexibility index (Phi) is 4.49. The minimum absolute atomic E-state index is 0.00273. The van der Waals surface area contributed by atoms with Crippen molar-refractivity contribution in [2.45, 2.75) is 32.7 Å². The van der Waals surface area contributed by atoms with Crippen LogP contribution in [0.1, 0.15) is 32.2 Å². The van der Waals surface area contributed by atoms with Crippen molar-refractivity contribution in [1.29, 1.82) is 0 Å². The zero-order chi connectivity index (χ0) is 16.6. The summed E-state index contributed by atoms with van der Waals surface area (Å²) in [6, 6.07) is 5.97. The largest absolute Gasteiger partial charge is 0.616 e. The number of hydrogen-bond acceptors (Lipinski definition) is 4. The molecule has 0 amide bonds. The molecule has 1 aliphatic heterocycles. The Morgan fingerprint density at radius 3 is 2.65 bits per heavy atom. The summed E-state index contributed by atoms with van der Waals surface area (Å²) in [4.78, 5) is 22.0. The van der Waals surface area contributed by atoms with Gasteiger partial charge < -0.3 is 9.54 Å². The van der Waals surface area contributed by atoms with E-state index < -0.39 is 11.2 Å². The van der Waals surface area contributed by atoms with Crippen LogP contribution in [-0.2, 0) is 23.1 Å². The van der Waals surface area contributed by atoms with E-state index in [2.05, 4.69) is 41.7 Å². The van der Waals surface area contributed by atoms with Gasteiger partial charge in [-0.1, -0.05) is 38.0 Å². The van der Waals surface area contributed by atoms with E-state index in [4.69, 9.17) is 0 Å². The van der Waals surface area contributed by atoms with Crippen molar-refractivity contribution in [3.63, 3.8) is 0 Å². The van der Waals surface area contributed by atoms with Crippen LogP contribution in [0.4, 0.5) is 0 Å². The molecule has 0 atom stereocenters. The van der Waals surface area contributed by atoms with Crippen molar-refractivity contribution in [3.8, 4) is 0 Å². The first-order valence-corrected chi connectivity index (χ1v) is 9.42. The molecule has 23 heavy (non-hydrogen) atoms. The minimum Gasteiger partial charge on any atom is -0.616 e. The molecule has 1 saturated heterocycles. The fourth-order valence-corrected chi connectivity index (χ4v) is 3.91. The molecule has 2 aromatic rings. The summed E-state index contributed by atoms with van der Waals surface area (Å²) < 4.78 is 11.4. The molecule has 6 heteroatoms. The number of rotatable bonds is 2. The van der Waals surface area contributed by atoms with Gasteiger partial charge in [0.05, 0.1) is 17.4 Å². The molecular formula is C17H23N3O2S. The standard InChI is InChI=1S/C17H23N3O2S/c1-17(2,3)12-4-5-14-13(10-12)16(21)19-15(18-14)11-20-6-8-23(22)9-7-20/h4-5,10H,6-9,11H2,1-3H3,(H,18,19,21). The van der Waals surface area contributed by atoms with Crippen LogP contribution in [-0.4, -0.2) is 44.0 Å². The highest BCUT2D eigenvalue weighted by Crippen LogP contribution is 2.24. The Labute approximate surface area is 139 Å². The Bertz CT molecular complexity index is 759. The van der Waals surface area contributed by atoms with Crippen molar-refractivity contribution in [3.05, 3.63) is 39.9 Å². The molecule has 5 nitrogen and oxygen atoms in total. The first kappa shape index (κ1) is 16.5. The second-order valence-corrected chi connectivity index (χ2v) is 8.82. The molecule has 0 spiro atoms. The molecule has 0 radical (unpaired) electrons. The van der Waals surface area contributed by atoms with Gasteiger partial charge in [0.15, 0.2) is 0 Å². The maximum absolute atomic E-state index is 12.4. The lowest BCUT2D eigenvalue weighted by Gasteiger charge is -2.27. The van der Waals surface area contributed by atoms with Gasteiger partial charge in [-0.2, -0.15) is 4.98 Å². The molecule has 2 heterocycles. The molecule has 0 saturated carbocycles. The van der Waals surface area contributed by atoms with Crippen LogP contribution < -0.4 is 5.56 Å². The van der Waals surface area contributed by atoms with Crippen molar-refractivity contribution in [1.82, 2.24) is 14.9 Å². The fraction of sp³-hybridized carbons (Fsp3) is 0.529. The zero-order valence-electron chi connectivity index (χ0n) is 13.9. The summed E-state index contributed by atoms with van der Waals surface area (Å²) >= 11 is -0.691. The molecule has 1 N–H and O–H groups in total. The Morgan fingerprint density at radius 2 is 2.00 bits per heavy atom. The van der Waals surface area contributed by atoms with Gasteiger partial charge in [0.25, 0.3) is 5.56 Å². The van der Waals surface area contributed by atoms with E-state index in [-0.39, 0.29) is 11.0 Å². The van der Waals surface area contributed by atoms with E-state index in [1.165, 1.54) is 0 Å². The first-order chi connectivity index (χ1) is 10.8. The summed E-state index contributed by atoms with van der Waals surface area (Å²) in [7, 11) is 0. The lowest BCUT2D eigenvalue weighted by atomic mass is 9.86. The van der Waals surface area contributed by atoms with Crippen LogP contribution in [0, 0.1) is 0 Å². The normalized spacial score (nSPS) is 17.7. The molecule has 124 valence electrons. The van der Waals surface area contributed by atoms with Gasteiger partial charge in [-0.25, -0.2) is 0 Å². The maximum Gasteiger partial charge on any atom is 0.280 e. The number of aromatic nitrogens is 2. The molecule has 1 fully saturated rings. The van der Waals surface area contributed by atoms with Crippen molar-refractivity contribution in [2.75, 3.05) is 24.6 Å². The molecule has 0 aliphatic carbocycles. The zero-order valence-corrected chi connectivity index (χ0v) is 14.7. The van der Waals surface area contributed by atoms with Crippen molar-refractivity contribution >= 4 is 22.1 Å². The van der Waals surface area contributed by atoms with Crippen LogP contribution in [0.25, 0.3) is 10.9 Å². The second kappa shape index (κ2) is 6.26. The van der Waals surface area contributed by atoms with Gasteiger partial charge in [0.1, 0.15) is 17.3 Å². The number of hydrogen-bond donors (Lipinski definition) is 1. The predicted molar refractivity (Wildman–Crippen MR) is 94.2 cm³/mol. The van der Waals surface area contributed by atoms with Gasteiger partial charge in [0, 0.05) is 13.1 Å². The molecule has 1 aromatic carbocycles. The lowest BCUT2D eigenvalue weighted by Crippen LogP contribution is -2.40. The Hall–Kier alpha value is -1.37. The predicted octanol–water partition coefficient (Wildman–Crippen LogP) is 1.78. The molecule has 3 rings (SSSR count). The Morgan fingerprint density at radius 1 is 1.30 bits per heavy atom. The summed E-state index contributed by atoms with van der Waals surface area (Å²) in [6.45, 7) is 8.57. The molecule has 0 unspecified atom stereocenters. The topological polar surface area (TPSA) is 72.1 Å². The first-order valence-electron chi connectivity index (χ1n) is 7.94. The van der Waals surface area contributed by atoms with E-state index in [0.29, 0.717) is 29.3 Å². The average Bonchev–Trinajstić information content (AvgIpc) is 2.48. The monoisotopic (exact) mass is 333 g/mol. The van der Waals surface area contributed by atoms with Crippen LogP contribution in [0.3, 0.4) is 0 Å². The van der Waals surface area contributed by atoms with Crippen molar-refractivity contribution in [2.24, 2.45) is 0 Å². The fourth-order valence-electron chi connectivity index (χ4n) is 2.78.